The molecule has 1 aliphatic heterocycles. The highest BCUT2D eigenvalue weighted by Crippen LogP contribution is 2.41. The molecule has 0 spiro atoms. The van der Waals surface area contributed by atoms with Crippen LogP contribution < -0.4 is 14.8 Å². The first-order chi connectivity index (χ1) is 12.4. The standard InChI is InChI=1S/C19H21N3O3S/c1-4-24-13-5-7-14(8-6-13)25-9-10-26-18-16(12-21)19(2,3)15(11-20)17(23)22-18/h5-8,15H,4,9-10H2,1-3H3,(H,22,23). The van der Waals surface area contributed by atoms with Crippen LogP contribution in [0.2, 0.25) is 0 Å². The van der Waals surface area contributed by atoms with Gasteiger partial charge in [0.2, 0.25) is 5.91 Å². The quantitative estimate of drug-likeness (QED) is 0.740. The lowest BCUT2D eigenvalue weighted by atomic mass is 9.72. The maximum atomic E-state index is 12.1. The van der Waals surface area contributed by atoms with Crippen LogP contribution in [0.25, 0.3) is 0 Å². The minimum absolute atomic E-state index is 0.369. The van der Waals surface area contributed by atoms with E-state index in [0.717, 1.165) is 11.5 Å². The molecule has 0 aromatic heterocycles. The van der Waals surface area contributed by atoms with Crippen LogP contribution in [0.3, 0.4) is 0 Å². The van der Waals surface area contributed by atoms with Crippen molar-refractivity contribution >= 4 is 17.7 Å². The minimum Gasteiger partial charge on any atom is -0.494 e. The van der Waals surface area contributed by atoms with Crippen LogP contribution in [0.1, 0.15) is 20.8 Å². The van der Waals surface area contributed by atoms with Gasteiger partial charge in [-0.2, -0.15) is 10.5 Å². The fourth-order valence-electron chi connectivity index (χ4n) is 2.64. The highest BCUT2D eigenvalue weighted by molar-refractivity contribution is 8.03. The van der Waals surface area contributed by atoms with Gasteiger partial charge in [0.15, 0.2) is 0 Å². The summed E-state index contributed by atoms with van der Waals surface area (Å²) in [7, 11) is 0. The summed E-state index contributed by atoms with van der Waals surface area (Å²) in [5.74, 6) is 0.827. The summed E-state index contributed by atoms with van der Waals surface area (Å²) in [5.41, 5.74) is -0.390. The molecule has 1 amide bonds. The van der Waals surface area contributed by atoms with Gasteiger partial charge in [-0.25, -0.2) is 0 Å². The van der Waals surface area contributed by atoms with Gasteiger partial charge in [-0.3, -0.25) is 4.79 Å². The highest BCUT2D eigenvalue weighted by atomic mass is 32.2. The Hall–Kier alpha value is -2.64. The van der Waals surface area contributed by atoms with Crippen LogP contribution in [0, 0.1) is 34.0 Å². The fourth-order valence-corrected chi connectivity index (χ4v) is 3.63. The van der Waals surface area contributed by atoms with Crippen molar-refractivity contribution in [3.8, 4) is 23.6 Å². The normalized spacial score (nSPS) is 18.5. The molecule has 6 nitrogen and oxygen atoms in total. The van der Waals surface area contributed by atoms with Crippen LogP contribution in [0.5, 0.6) is 11.5 Å². The predicted octanol–water partition coefficient (Wildman–Crippen LogP) is 3.23. The summed E-state index contributed by atoms with van der Waals surface area (Å²) in [6.45, 7) is 6.45. The first-order valence-electron chi connectivity index (χ1n) is 8.27. The average molecular weight is 371 g/mol. The number of nitriles is 2. The molecule has 0 radical (unpaired) electrons. The molecule has 26 heavy (non-hydrogen) atoms. The van der Waals surface area contributed by atoms with Gasteiger partial charge in [0, 0.05) is 11.2 Å². The van der Waals surface area contributed by atoms with E-state index in [1.54, 1.807) is 13.8 Å². The number of hydrogen-bond donors (Lipinski definition) is 1. The molecule has 2 rings (SSSR count). The van der Waals surface area contributed by atoms with Crippen LogP contribution in [0.4, 0.5) is 0 Å². The lowest BCUT2D eigenvalue weighted by Gasteiger charge is -2.34. The monoisotopic (exact) mass is 371 g/mol. The molecule has 1 unspecified atom stereocenters. The van der Waals surface area contributed by atoms with E-state index < -0.39 is 11.3 Å². The first kappa shape index (κ1) is 19.7. The van der Waals surface area contributed by atoms with Crippen LogP contribution in [-0.4, -0.2) is 24.9 Å². The van der Waals surface area contributed by atoms with E-state index in [9.17, 15) is 15.3 Å². The van der Waals surface area contributed by atoms with Gasteiger partial charge in [-0.1, -0.05) is 13.8 Å². The van der Waals surface area contributed by atoms with E-state index in [1.165, 1.54) is 11.8 Å². The predicted molar refractivity (Wildman–Crippen MR) is 99.2 cm³/mol. The zero-order valence-corrected chi connectivity index (χ0v) is 15.9. The van der Waals surface area contributed by atoms with E-state index in [1.807, 2.05) is 37.3 Å². The molecule has 1 N–H and O–H groups in total. The second-order valence-corrected chi connectivity index (χ2v) is 7.30. The van der Waals surface area contributed by atoms with Crippen molar-refractivity contribution in [2.45, 2.75) is 20.8 Å². The number of rotatable bonds is 7. The number of nitrogens with one attached hydrogen (secondary N) is 1. The summed E-state index contributed by atoms with van der Waals surface area (Å²) in [4.78, 5) is 12.1. The maximum Gasteiger partial charge on any atom is 0.243 e. The molecule has 0 saturated carbocycles. The first-order valence-corrected chi connectivity index (χ1v) is 9.26. The molecule has 7 heteroatoms. The molecule has 0 bridgehead atoms. The molecule has 1 aromatic carbocycles. The van der Waals surface area contributed by atoms with Crippen LogP contribution in [0.15, 0.2) is 34.9 Å². The summed E-state index contributed by atoms with van der Waals surface area (Å²) in [5, 5.41) is 21.9. The summed E-state index contributed by atoms with van der Waals surface area (Å²) in [6.07, 6.45) is 0. The molecule has 136 valence electrons. The van der Waals surface area contributed by atoms with E-state index >= 15 is 0 Å². The molecular formula is C19H21N3O3S. The van der Waals surface area contributed by atoms with Crippen molar-refractivity contribution in [1.82, 2.24) is 5.32 Å². The Bertz CT molecular complexity index is 773. The Balaban J connectivity index is 1.96. The fraction of sp³-hybridized carbons (Fsp3) is 0.421. The Morgan fingerprint density at radius 1 is 1.19 bits per heavy atom. The van der Waals surface area contributed by atoms with Crippen LogP contribution in [-0.2, 0) is 4.79 Å². The van der Waals surface area contributed by atoms with Gasteiger partial charge in [-0.15, -0.1) is 11.8 Å². The molecule has 1 aliphatic rings. The van der Waals surface area contributed by atoms with Crippen molar-refractivity contribution < 1.29 is 14.3 Å². The minimum atomic E-state index is -0.874. The number of benzene rings is 1. The number of carbonyl (C=O) groups is 1. The molecule has 1 aromatic rings. The van der Waals surface area contributed by atoms with Crippen molar-refractivity contribution in [3.63, 3.8) is 0 Å². The summed E-state index contributed by atoms with van der Waals surface area (Å²) >= 11 is 1.35. The molecule has 1 atom stereocenters. The van der Waals surface area contributed by atoms with E-state index in [-0.39, 0.29) is 5.91 Å². The summed E-state index contributed by atoms with van der Waals surface area (Å²) in [6, 6.07) is 11.5. The highest BCUT2D eigenvalue weighted by Gasteiger charge is 2.44. The van der Waals surface area contributed by atoms with Crippen molar-refractivity contribution in [2.24, 2.45) is 11.3 Å². The molecule has 1 heterocycles. The number of carbonyl (C=O) groups excluding carboxylic acids is 1. The number of thioether (sulfide) groups is 1. The van der Waals surface area contributed by atoms with Crippen molar-refractivity contribution in [2.75, 3.05) is 19.0 Å². The molecule has 0 aliphatic carbocycles. The van der Waals surface area contributed by atoms with Crippen LogP contribution >= 0.6 is 11.8 Å². The number of nitrogens with zero attached hydrogens (tertiary/aromatic N) is 2. The van der Waals surface area contributed by atoms with Gasteiger partial charge in [0.1, 0.15) is 17.4 Å². The Morgan fingerprint density at radius 3 is 2.35 bits per heavy atom. The SMILES string of the molecule is CCOc1ccc(OCCSC2=C(C#N)C(C)(C)C(C#N)C(=O)N2)cc1. The summed E-state index contributed by atoms with van der Waals surface area (Å²) < 4.78 is 11.1. The lowest BCUT2D eigenvalue weighted by molar-refractivity contribution is -0.125. The molecule has 0 fully saturated rings. The second-order valence-electron chi connectivity index (χ2n) is 6.19. The average Bonchev–Trinajstić information content (AvgIpc) is 2.60. The van der Waals surface area contributed by atoms with E-state index in [2.05, 4.69) is 11.4 Å². The number of allylic oxidation sites excluding steroid dienone is 1. The topological polar surface area (TPSA) is 95.1 Å². The van der Waals surface area contributed by atoms with Gasteiger partial charge >= 0.3 is 0 Å². The zero-order valence-electron chi connectivity index (χ0n) is 15.0. The molecule has 0 saturated heterocycles. The third-order valence-electron chi connectivity index (χ3n) is 4.07. The van der Waals surface area contributed by atoms with Gasteiger partial charge < -0.3 is 14.8 Å². The number of hydrogen-bond acceptors (Lipinski definition) is 6. The van der Waals surface area contributed by atoms with Crippen molar-refractivity contribution in [1.29, 1.82) is 10.5 Å². The second kappa shape index (κ2) is 8.64. The third-order valence-corrected chi connectivity index (χ3v) is 5.03. The smallest absolute Gasteiger partial charge is 0.243 e. The van der Waals surface area contributed by atoms with Gasteiger partial charge in [0.05, 0.1) is 36.0 Å². The van der Waals surface area contributed by atoms with E-state index in [4.69, 9.17) is 9.47 Å². The van der Waals surface area contributed by atoms with Crippen molar-refractivity contribution in [3.05, 3.63) is 34.9 Å². The largest absolute Gasteiger partial charge is 0.494 e. The van der Waals surface area contributed by atoms with E-state index in [0.29, 0.717) is 29.6 Å². The maximum absolute atomic E-state index is 12.1. The third kappa shape index (κ3) is 4.30. The lowest BCUT2D eigenvalue weighted by Crippen LogP contribution is -2.44. The zero-order chi connectivity index (χ0) is 19.2. The Kier molecular flexibility index (Phi) is 6.54. The Morgan fingerprint density at radius 2 is 1.81 bits per heavy atom. The number of amides is 1. The van der Waals surface area contributed by atoms with Gasteiger partial charge in [-0.05, 0) is 31.2 Å². The Labute approximate surface area is 157 Å². The number of ether oxygens (including phenoxy) is 2. The van der Waals surface area contributed by atoms with Gasteiger partial charge in [0.25, 0.3) is 0 Å². The molecular weight excluding hydrogens is 350 g/mol.